The van der Waals surface area contributed by atoms with Crippen LogP contribution in [-0.2, 0) is 6.54 Å². The van der Waals surface area contributed by atoms with E-state index in [2.05, 4.69) is 15.3 Å². The molecule has 0 unspecified atom stereocenters. The van der Waals surface area contributed by atoms with Crippen molar-refractivity contribution < 1.29 is 9.47 Å². The zero-order valence-electron chi connectivity index (χ0n) is 15.0. The van der Waals surface area contributed by atoms with Crippen molar-refractivity contribution in [3.8, 4) is 22.1 Å². The molecule has 142 valence electrons. The number of aromatic nitrogens is 1. The molecule has 0 radical (unpaired) electrons. The summed E-state index contributed by atoms with van der Waals surface area (Å²) in [6.07, 6.45) is 0. The number of aliphatic imine (C=N–C) groups is 1. The van der Waals surface area contributed by atoms with Gasteiger partial charge in [0.2, 0.25) is 0 Å². The van der Waals surface area contributed by atoms with Crippen LogP contribution in [0.15, 0.2) is 58.9 Å². The monoisotopic (exact) mass is 496 g/mol. The predicted molar refractivity (Wildman–Crippen MR) is 121 cm³/mol. The Bertz CT molecular complexity index is 900. The number of nitrogens with two attached hydrogens (primary N) is 1. The van der Waals surface area contributed by atoms with Gasteiger partial charge in [0.15, 0.2) is 5.96 Å². The SMILES string of the molecule is COc1ccc(OC)c(NC(N)=NCc2csc(-c3ccccc3)n2)c1.I. The lowest BCUT2D eigenvalue weighted by Gasteiger charge is -2.12. The van der Waals surface area contributed by atoms with E-state index in [0.717, 1.165) is 16.3 Å². The van der Waals surface area contributed by atoms with Crippen LogP contribution in [0.4, 0.5) is 5.69 Å². The van der Waals surface area contributed by atoms with Gasteiger partial charge in [-0.15, -0.1) is 35.3 Å². The second-order valence-corrected chi connectivity index (χ2v) is 6.26. The van der Waals surface area contributed by atoms with Crippen molar-refractivity contribution in [1.82, 2.24) is 4.98 Å². The van der Waals surface area contributed by atoms with Crippen LogP contribution < -0.4 is 20.5 Å². The fourth-order valence-corrected chi connectivity index (χ4v) is 3.17. The minimum Gasteiger partial charge on any atom is -0.497 e. The van der Waals surface area contributed by atoms with Crippen LogP contribution in [0.2, 0.25) is 0 Å². The third kappa shape index (κ3) is 5.57. The summed E-state index contributed by atoms with van der Waals surface area (Å²) in [7, 11) is 3.20. The van der Waals surface area contributed by atoms with Gasteiger partial charge in [-0.2, -0.15) is 0 Å². The normalized spacial score (nSPS) is 10.8. The zero-order chi connectivity index (χ0) is 18.4. The fourth-order valence-electron chi connectivity index (χ4n) is 2.35. The highest BCUT2D eigenvalue weighted by molar-refractivity contribution is 14.0. The molecule has 27 heavy (non-hydrogen) atoms. The van der Waals surface area contributed by atoms with Gasteiger partial charge in [-0.3, -0.25) is 0 Å². The van der Waals surface area contributed by atoms with E-state index in [1.807, 2.05) is 41.8 Å². The van der Waals surface area contributed by atoms with Gasteiger partial charge in [0.05, 0.1) is 32.1 Å². The number of rotatable bonds is 6. The first-order valence-electron chi connectivity index (χ1n) is 7.98. The Morgan fingerprint density at radius 3 is 2.63 bits per heavy atom. The number of benzene rings is 2. The number of nitrogens with zero attached hydrogens (tertiary/aromatic N) is 2. The number of methoxy groups -OCH3 is 2. The van der Waals surface area contributed by atoms with E-state index in [1.165, 1.54) is 0 Å². The molecular weight excluding hydrogens is 475 g/mol. The van der Waals surface area contributed by atoms with E-state index in [9.17, 15) is 0 Å². The first kappa shape index (κ1) is 21.0. The molecule has 0 spiro atoms. The van der Waals surface area contributed by atoms with Crippen LogP contribution in [0.5, 0.6) is 11.5 Å². The Labute approximate surface area is 179 Å². The fraction of sp³-hybridized carbons (Fsp3) is 0.158. The lowest BCUT2D eigenvalue weighted by molar-refractivity contribution is 0.405. The molecule has 8 heteroatoms. The highest BCUT2D eigenvalue weighted by Gasteiger charge is 2.07. The average molecular weight is 496 g/mol. The molecule has 0 fully saturated rings. The van der Waals surface area contributed by atoms with Gasteiger partial charge in [-0.1, -0.05) is 30.3 Å². The topological polar surface area (TPSA) is 81.8 Å². The molecule has 6 nitrogen and oxygen atoms in total. The molecule has 3 aromatic rings. The molecule has 1 heterocycles. The number of hydrogen-bond donors (Lipinski definition) is 2. The Morgan fingerprint density at radius 2 is 1.93 bits per heavy atom. The molecule has 0 bridgehead atoms. The van der Waals surface area contributed by atoms with Crippen molar-refractivity contribution in [2.24, 2.45) is 10.7 Å². The first-order chi connectivity index (χ1) is 12.7. The van der Waals surface area contributed by atoms with Gasteiger partial charge < -0.3 is 20.5 Å². The molecule has 2 aromatic carbocycles. The maximum absolute atomic E-state index is 6.00. The molecule has 0 aliphatic rings. The summed E-state index contributed by atoms with van der Waals surface area (Å²) < 4.78 is 10.5. The first-order valence-corrected chi connectivity index (χ1v) is 8.86. The number of guanidine groups is 1. The van der Waals surface area contributed by atoms with Crippen LogP contribution in [0.25, 0.3) is 10.6 Å². The number of ether oxygens (including phenoxy) is 2. The molecule has 0 saturated heterocycles. The summed E-state index contributed by atoms with van der Waals surface area (Å²) in [6, 6.07) is 15.5. The van der Waals surface area contributed by atoms with Crippen LogP contribution in [0.1, 0.15) is 5.69 Å². The second kappa shape index (κ2) is 10.1. The summed E-state index contributed by atoms with van der Waals surface area (Å²) in [5, 5.41) is 6.00. The van der Waals surface area contributed by atoms with Gasteiger partial charge in [0.1, 0.15) is 16.5 Å². The van der Waals surface area contributed by atoms with Crippen LogP contribution in [-0.4, -0.2) is 25.2 Å². The minimum absolute atomic E-state index is 0. The zero-order valence-corrected chi connectivity index (χ0v) is 18.2. The Kier molecular flexibility index (Phi) is 7.86. The van der Waals surface area contributed by atoms with Crippen molar-refractivity contribution >= 4 is 47.0 Å². The van der Waals surface area contributed by atoms with Gasteiger partial charge in [0.25, 0.3) is 0 Å². The Balaban J connectivity index is 0.00000261. The number of anilines is 1. The molecule has 0 atom stereocenters. The second-order valence-electron chi connectivity index (χ2n) is 5.40. The van der Waals surface area contributed by atoms with Crippen molar-refractivity contribution in [3.63, 3.8) is 0 Å². The highest BCUT2D eigenvalue weighted by Crippen LogP contribution is 2.28. The van der Waals surface area contributed by atoms with E-state index in [1.54, 1.807) is 37.7 Å². The number of thiazole rings is 1. The van der Waals surface area contributed by atoms with Crippen LogP contribution in [0, 0.1) is 0 Å². The molecule has 0 saturated carbocycles. The van der Waals surface area contributed by atoms with E-state index < -0.39 is 0 Å². The smallest absolute Gasteiger partial charge is 0.193 e. The van der Waals surface area contributed by atoms with Crippen LogP contribution >= 0.6 is 35.3 Å². The number of nitrogens with one attached hydrogen (secondary N) is 1. The molecule has 0 aliphatic heterocycles. The maximum atomic E-state index is 6.00. The number of halogens is 1. The Hall–Kier alpha value is -2.33. The Morgan fingerprint density at radius 1 is 1.15 bits per heavy atom. The summed E-state index contributed by atoms with van der Waals surface area (Å²) in [5.74, 6) is 1.64. The van der Waals surface area contributed by atoms with Crippen molar-refractivity contribution in [1.29, 1.82) is 0 Å². The summed E-state index contributed by atoms with van der Waals surface area (Å²) in [5.41, 5.74) is 8.66. The standard InChI is InChI=1S/C19H20N4O2S.HI/c1-24-15-8-9-17(25-2)16(10-15)23-19(20)21-11-14-12-26-18(22-14)13-6-4-3-5-7-13;/h3-10,12H,11H2,1-2H3,(H3,20,21,23);1H. The van der Waals surface area contributed by atoms with Crippen molar-refractivity contribution in [3.05, 3.63) is 59.6 Å². The quantitative estimate of drug-likeness (QED) is 0.301. The minimum atomic E-state index is 0. The van der Waals surface area contributed by atoms with E-state index in [-0.39, 0.29) is 29.9 Å². The van der Waals surface area contributed by atoms with E-state index in [0.29, 0.717) is 23.7 Å². The third-order valence-corrected chi connectivity index (χ3v) is 4.59. The van der Waals surface area contributed by atoms with Gasteiger partial charge in [-0.05, 0) is 12.1 Å². The lowest BCUT2D eigenvalue weighted by atomic mass is 10.2. The molecule has 0 amide bonds. The maximum Gasteiger partial charge on any atom is 0.193 e. The summed E-state index contributed by atoms with van der Waals surface area (Å²) in [6.45, 7) is 0.397. The summed E-state index contributed by atoms with van der Waals surface area (Å²) >= 11 is 1.59. The largest absolute Gasteiger partial charge is 0.497 e. The third-order valence-electron chi connectivity index (χ3n) is 3.65. The molecule has 1 aromatic heterocycles. The molecule has 3 rings (SSSR count). The number of hydrogen-bond acceptors (Lipinski definition) is 5. The van der Waals surface area contributed by atoms with Crippen LogP contribution in [0.3, 0.4) is 0 Å². The molecule has 0 aliphatic carbocycles. The van der Waals surface area contributed by atoms with Crippen molar-refractivity contribution in [2.45, 2.75) is 6.54 Å². The van der Waals surface area contributed by atoms with Gasteiger partial charge >= 0.3 is 0 Å². The predicted octanol–water partition coefficient (Wildman–Crippen LogP) is 4.37. The molecule has 3 N–H and O–H groups in total. The summed E-state index contributed by atoms with van der Waals surface area (Å²) in [4.78, 5) is 8.96. The van der Waals surface area contributed by atoms with E-state index >= 15 is 0 Å². The average Bonchev–Trinajstić information content (AvgIpc) is 3.16. The van der Waals surface area contributed by atoms with E-state index in [4.69, 9.17) is 15.2 Å². The highest BCUT2D eigenvalue weighted by atomic mass is 127. The lowest BCUT2D eigenvalue weighted by Crippen LogP contribution is -2.23. The van der Waals surface area contributed by atoms with Gasteiger partial charge in [-0.25, -0.2) is 9.98 Å². The van der Waals surface area contributed by atoms with Gasteiger partial charge in [0, 0.05) is 17.0 Å². The molecular formula is C19H21IN4O2S. The van der Waals surface area contributed by atoms with Crippen molar-refractivity contribution in [2.75, 3.05) is 19.5 Å².